The topological polar surface area (TPSA) is 71.5 Å². The van der Waals surface area contributed by atoms with E-state index in [0.717, 1.165) is 5.56 Å². The molecule has 5 nitrogen and oxygen atoms in total. The van der Waals surface area contributed by atoms with Crippen molar-refractivity contribution >= 4 is 5.91 Å². The predicted molar refractivity (Wildman–Crippen MR) is 99.1 cm³/mol. The molecule has 3 aromatic rings. The Morgan fingerprint density at radius 3 is 2.50 bits per heavy atom. The number of rotatable bonds is 6. The first kappa shape index (κ1) is 17.6. The van der Waals surface area contributed by atoms with Gasteiger partial charge >= 0.3 is 0 Å². The quantitative estimate of drug-likeness (QED) is 0.715. The van der Waals surface area contributed by atoms with Crippen molar-refractivity contribution in [3.05, 3.63) is 90.3 Å². The van der Waals surface area contributed by atoms with E-state index in [2.05, 4.69) is 10.3 Å². The highest BCUT2D eigenvalue weighted by Crippen LogP contribution is 2.22. The van der Waals surface area contributed by atoms with Crippen LogP contribution in [0.15, 0.2) is 79.1 Å². The molecule has 1 unspecified atom stereocenters. The molecule has 1 atom stereocenters. The standard InChI is InChI=1S/C21H20N2O3/c1-21(25,17-7-3-2-4-8-17)15-23-20(24)16-6-5-9-19(14-16)26-18-10-12-22-13-11-18/h2-14,25H,15H2,1H3,(H,23,24). The molecule has 1 amide bonds. The number of nitrogens with zero attached hydrogens (tertiary/aromatic N) is 1. The fourth-order valence-corrected chi connectivity index (χ4v) is 2.50. The lowest BCUT2D eigenvalue weighted by Crippen LogP contribution is -2.38. The number of pyridine rings is 1. The van der Waals surface area contributed by atoms with Gasteiger partial charge in [0.25, 0.3) is 5.91 Å². The zero-order valence-corrected chi connectivity index (χ0v) is 14.4. The highest BCUT2D eigenvalue weighted by atomic mass is 16.5. The molecule has 0 aliphatic rings. The van der Waals surface area contributed by atoms with E-state index >= 15 is 0 Å². The summed E-state index contributed by atoms with van der Waals surface area (Å²) in [5.41, 5.74) is 0.0534. The largest absolute Gasteiger partial charge is 0.457 e. The van der Waals surface area contributed by atoms with Crippen molar-refractivity contribution in [1.29, 1.82) is 0 Å². The molecule has 1 heterocycles. The molecule has 0 fully saturated rings. The van der Waals surface area contributed by atoms with E-state index in [1.54, 1.807) is 55.7 Å². The Morgan fingerprint density at radius 1 is 1.04 bits per heavy atom. The van der Waals surface area contributed by atoms with Gasteiger partial charge < -0.3 is 15.2 Å². The fraction of sp³-hybridized carbons (Fsp3) is 0.143. The second-order valence-electron chi connectivity index (χ2n) is 6.14. The zero-order chi connectivity index (χ0) is 18.4. The number of amides is 1. The van der Waals surface area contributed by atoms with E-state index in [4.69, 9.17) is 4.74 Å². The van der Waals surface area contributed by atoms with Crippen LogP contribution in [0.2, 0.25) is 0 Å². The molecule has 3 rings (SSSR count). The Bertz CT molecular complexity index is 865. The molecule has 0 aliphatic carbocycles. The Morgan fingerprint density at radius 2 is 1.77 bits per heavy atom. The summed E-state index contributed by atoms with van der Waals surface area (Å²) in [6, 6.07) is 19.6. The maximum atomic E-state index is 12.4. The number of carbonyl (C=O) groups is 1. The minimum absolute atomic E-state index is 0.102. The summed E-state index contributed by atoms with van der Waals surface area (Å²) < 4.78 is 5.71. The third-order valence-corrected chi connectivity index (χ3v) is 3.97. The van der Waals surface area contributed by atoms with Crippen LogP contribution in [0.25, 0.3) is 0 Å². The first-order valence-electron chi connectivity index (χ1n) is 8.29. The Balaban J connectivity index is 1.66. The molecular formula is C21H20N2O3. The molecule has 26 heavy (non-hydrogen) atoms. The van der Waals surface area contributed by atoms with E-state index in [-0.39, 0.29) is 12.5 Å². The van der Waals surface area contributed by atoms with Crippen LogP contribution in [0.5, 0.6) is 11.5 Å². The van der Waals surface area contributed by atoms with E-state index < -0.39 is 5.60 Å². The summed E-state index contributed by atoms with van der Waals surface area (Å²) in [4.78, 5) is 16.4. The van der Waals surface area contributed by atoms with Crippen molar-refractivity contribution in [1.82, 2.24) is 10.3 Å². The van der Waals surface area contributed by atoms with Crippen molar-refractivity contribution in [2.24, 2.45) is 0 Å². The number of carbonyl (C=O) groups excluding carboxylic acids is 1. The lowest BCUT2D eigenvalue weighted by atomic mass is 9.96. The van der Waals surface area contributed by atoms with Gasteiger partial charge in [0.05, 0.1) is 6.54 Å². The SMILES string of the molecule is CC(O)(CNC(=O)c1cccc(Oc2ccncc2)c1)c1ccccc1. The van der Waals surface area contributed by atoms with Gasteiger partial charge in [-0.2, -0.15) is 0 Å². The molecule has 0 saturated carbocycles. The molecule has 2 aromatic carbocycles. The average molecular weight is 348 g/mol. The molecular weight excluding hydrogens is 328 g/mol. The highest BCUT2D eigenvalue weighted by molar-refractivity contribution is 5.94. The van der Waals surface area contributed by atoms with E-state index in [0.29, 0.717) is 17.1 Å². The van der Waals surface area contributed by atoms with E-state index in [9.17, 15) is 9.90 Å². The van der Waals surface area contributed by atoms with E-state index in [1.165, 1.54) is 0 Å². The van der Waals surface area contributed by atoms with Gasteiger partial charge in [-0.1, -0.05) is 36.4 Å². The van der Waals surface area contributed by atoms with Gasteiger partial charge in [0, 0.05) is 18.0 Å². The summed E-state index contributed by atoms with van der Waals surface area (Å²) in [5, 5.41) is 13.4. The number of nitrogens with one attached hydrogen (secondary N) is 1. The van der Waals surface area contributed by atoms with Crippen LogP contribution in [0, 0.1) is 0 Å². The lowest BCUT2D eigenvalue weighted by molar-refractivity contribution is 0.0526. The van der Waals surface area contributed by atoms with E-state index in [1.807, 2.05) is 30.3 Å². The predicted octanol–water partition coefficient (Wildman–Crippen LogP) is 3.51. The van der Waals surface area contributed by atoms with Crippen molar-refractivity contribution in [3.8, 4) is 11.5 Å². The molecule has 0 saturated heterocycles. The normalized spacial score (nSPS) is 12.8. The van der Waals surface area contributed by atoms with Gasteiger partial charge in [-0.25, -0.2) is 0 Å². The summed E-state index contributed by atoms with van der Waals surface area (Å²) in [5.74, 6) is 0.921. The summed E-state index contributed by atoms with van der Waals surface area (Å²) in [6.45, 7) is 1.77. The fourth-order valence-electron chi connectivity index (χ4n) is 2.50. The molecule has 2 N–H and O–H groups in total. The van der Waals surface area contributed by atoms with Gasteiger partial charge in [0.1, 0.15) is 17.1 Å². The Hall–Kier alpha value is -3.18. The van der Waals surface area contributed by atoms with Gasteiger partial charge in [0.15, 0.2) is 0 Å². The number of ether oxygens (including phenoxy) is 1. The van der Waals surface area contributed by atoms with Crippen LogP contribution in [-0.4, -0.2) is 22.5 Å². The van der Waals surface area contributed by atoms with Crippen LogP contribution < -0.4 is 10.1 Å². The zero-order valence-electron chi connectivity index (χ0n) is 14.4. The van der Waals surface area contributed by atoms with Crippen molar-refractivity contribution in [2.45, 2.75) is 12.5 Å². The molecule has 0 bridgehead atoms. The minimum Gasteiger partial charge on any atom is -0.457 e. The number of aromatic nitrogens is 1. The van der Waals surface area contributed by atoms with Crippen LogP contribution in [0.1, 0.15) is 22.8 Å². The number of hydrogen-bond donors (Lipinski definition) is 2. The third kappa shape index (κ3) is 4.46. The van der Waals surface area contributed by atoms with Crippen LogP contribution in [-0.2, 0) is 5.60 Å². The Labute approximate surface area is 152 Å². The number of aliphatic hydroxyl groups is 1. The summed E-state index contributed by atoms with van der Waals surface area (Å²) >= 11 is 0. The van der Waals surface area contributed by atoms with Crippen LogP contribution in [0.4, 0.5) is 0 Å². The van der Waals surface area contributed by atoms with Gasteiger partial charge in [-0.05, 0) is 42.8 Å². The van der Waals surface area contributed by atoms with Gasteiger partial charge in [-0.15, -0.1) is 0 Å². The van der Waals surface area contributed by atoms with Crippen molar-refractivity contribution < 1.29 is 14.6 Å². The second kappa shape index (κ2) is 7.80. The first-order valence-corrected chi connectivity index (χ1v) is 8.29. The maximum Gasteiger partial charge on any atom is 0.251 e. The smallest absolute Gasteiger partial charge is 0.251 e. The number of benzene rings is 2. The first-order chi connectivity index (χ1) is 12.5. The average Bonchev–Trinajstić information content (AvgIpc) is 2.68. The van der Waals surface area contributed by atoms with Crippen LogP contribution in [0.3, 0.4) is 0 Å². The summed E-state index contributed by atoms with van der Waals surface area (Å²) in [7, 11) is 0. The molecule has 5 heteroatoms. The molecule has 0 spiro atoms. The van der Waals surface area contributed by atoms with Gasteiger partial charge in [0.2, 0.25) is 0 Å². The Kier molecular flexibility index (Phi) is 5.29. The highest BCUT2D eigenvalue weighted by Gasteiger charge is 2.23. The number of hydrogen-bond acceptors (Lipinski definition) is 4. The lowest BCUT2D eigenvalue weighted by Gasteiger charge is -2.24. The van der Waals surface area contributed by atoms with Crippen LogP contribution >= 0.6 is 0 Å². The van der Waals surface area contributed by atoms with Crippen molar-refractivity contribution in [2.75, 3.05) is 6.54 Å². The minimum atomic E-state index is -1.15. The van der Waals surface area contributed by atoms with Gasteiger partial charge in [-0.3, -0.25) is 9.78 Å². The molecule has 0 aliphatic heterocycles. The van der Waals surface area contributed by atoms with Crippen molar-refractivity contribution in [3.63, 3.8) is 0 Å². The third-order valence-electron chi connectivity index (χ3n) is 3.97. The molecule has 0 radical (unpaired) electrons. The summed E-state index contributed by atoms with van der Waals surface area (Å²) in [6.07, 6.45) is 3.27. The molecule has 132 valence electrons. The maximum absolute atomic E-state index is 12.4. The second-order valence-corrected chi connectivity index (χ2v) is 6.14. The molecule has 1 aromatic heterocycles. The monoisotopic (exact) mass is 348 g/mol.